The standard InChI is InChI=1S/C14H24N4/c1-4-11-5-7-12(8-6-11)18(3)14-10(2)13(15)16-9-17-14/h9,11-12H,4-8H2,1-3H3,(H2,15,16,17). The molecule has 0 aromatic carbocycles. The largest absolute Gasteiger partial charge is 0.383 e. The molecule has 1 heterocycles. The first-order valence-electron chi connectivity index (χ1n) is 6.93. The Morgan fingerprint density at radius 1 is 1.28 bits per heavy atom. The zero-order valence-corrected chi connectivity index (χ0v) is 11.7. The molecule has 2 N–H and O–H groups in total. The minimum Gasteiger partial charge on any atom is -0.383 e. The topological polar surface area (TPSA) is 55.0 Å². The molecule has 1 aromatic rings. The van der Waals surface area contributed by atoms with Crippen molar-refractivity contribution in [3.8, 4) is 0 Å². The van der Waals surface area contributed by atoms with Crippen LogP contribution in [0.1, 0.15) is 44.6 Å². The van der Waals surface area contributed by atoms with Gasteiger partial charge in [0.2, 0.25) is 0 Å². The average Bonchev–Trinajstić information content (AvgIpc) is 2.41. The Hall–Kier alpha value is -1.32. The highest BCUT2D eigenvalue weighted by Crippen LogP contribution is 2.31. The summed E-state index contributed by atoms with van der Waals surface area (Å²) in [4.78, 5) is 10.7. The van der Waals surface area contributed by atoms with E-state index in [0.29, 0.717) is 11.9 Å². The Balaban J connectivity index is 2.08. The van der Waals surface area contributed by atoms with Gasteiger partial charge in [0.05, 0.1) is 0 Å². The molecule has 0 radical (unpaired) electrons. The summed E-state index contributed by atoms with van der Waals surface area (Å²) in [5.74, 6) is 2.50. The van der Waals surface area contributed by atoms with Gasteiger partial charge in [0.15, 0.2) is 0 Å². The summed E-state index contributed by atoms with van der Waals surface area (Å²) < 4.78 is 0. The zero-order chi connectivity index (χ0) is 13.1. The molecule has 0 unspecified atom stereocenters. The molecule has 0 atom stereocenters. The fourth-order valence-corrected chi connectivity index (χ4v) is 2.92. The lowest BCUT2D eigenvalue weighted by molar-refractivity contribution is 0.312. The van der Waals surface area contributed by atoms with E-state index in [4.69, 9.17) is 5.73 Å². The van der Waals surface area contributed by atoms with E-state index in [-0.39, 0.29) is 0 Å². The molecule has 0 bridgehead atoms. The Morgan fingerprint density at radius 2 is 1.94 bits per heavy atom. The predicted molar refractivity (Wildman–Crippen MR) is 75.6 cm³/mol. The van der Waals surface area contributed by atoms with Crippen LogP contribution < -0.4 is 10.6 Å². The molecular weight excluding hydrogens is 224 g/mol. The van der Waals surface area contributed by atoms with E-state index in [1.165, 1.54) is 32.1 Å². The van der Waals surface area contributed by atoms with Crippen molar-refractivity contribution >= 4 is 11.6 Å². The van der Waals surface area contributed by atoms with Gasteiger partial charge in [-0.1, -0.05) is 13.3 Å². The molecule has 4 nitrogen and oxygen atoms in total. The number of nitrogens with two attached hydrogens (primary N) is 1. The van der Waals surface area contributed by atoms with Crippen molar-refractivity contribution in [1.82, 2.24) is 9.97 Å². The lowest BCUT2D eigenvalue weighted by Gasteiger charge is -2.35. The van der Waals surface area contributed by atoms with Gasteiger partial charge in [-0.2, -0.15) is 0 Å². The van der Waals surface area contributed by atoms with Gasteiger partial charge in [-0.3, -0.25) is 0 Å². The smallest absolute Gasteiger partial charge is 0.137 e. The predicted octanol–water partition coefficient (Wildman–Crippen LogP) is 2.77. The van der Waals surface area contributed by atoms with Crippen molar-refractivity contribution < 1.29 is 0 Å². The van der Waals surface area contributed by atoms with Gasteiger partial charge in [-0.15, -0.1) is 0 Å². The first-order chi connectivity index (χ1) is 8.63. The molecule has 18 heavy (non-hydrogen) atoms. The van der Waals surface area contributed by atoms with Crippen LogP contribution in [0, 0.1) is 12.8 Å². The third-order valence-electron chi connectivity index (χ3n) is 4.37. The highest BCUT2D eigenvalue weighted by atomic mass is 15.2. The van der Waals surface area contributed by atoms with Crippen LogP contribution in [0.2, 0.25) is 0 Å². The molecule has 1 aromatic heterocycles. The summed E-state index contributed by atoms with van der Waals surface area (Å²) >= 11 is 0. The van der Waals surface area contributed by atoms with Gasteiger partial charge in [0.1, 0.15) is 18.0 Å². The van der Waals surface area contributed by atoms with Crippen LogP contribution in [0.4, 0.5) is 11.6 Å². The van der Waals surface area contributed by atoms with Crippen LogP contribution in [-0.4, -0.2) is 23.1 Å². The Labute approximate surface area is 110 Å². The Morgan fingerprint density at radius 3 is 2.56 bits per heavy atom. The maximum Gasteiger partial charge on any atom is 0.137 e. The number of anilines is 2. The molecule has 1 aliphatic carbocycles. The van der Waals surface area contributed by atoms with Crippen molar-refractivity contribution in [3.05, 3.63) is 11.9 Å². The van der Waals surface area contributed by atoms with Crippen LogP contribution in [0.3, 0.4) is 0 Å². The minimum atomic E-state index is 0.592. The number of rotatable bonds is 3. The van der Waals surface area contributed by atoms with Gasteiger partial charge in [-0.05, 0) is 38.5 Å². The van der Waals surface area contributed by atoms with E-state index in [9.17, 15) is 0 Å². The lowest BCUT2D eigenvalue weighted by Crippen LogP contribution is -2.36. The lowest BCUT2D eigenvalue weighted by atomic mass is 9.84. The van der Waals surface area contributed by atoms with Gasteiger partial charge >= 0.3 is 0 Å². The van der Waals surface area contributed by atoms with Crippen LogP contribution in [0.5, 0.6) is 0 Å². The van der Waals surface area contributed by atoms with Crippen LogP contribution in [-0.2, 0) is 0 Å². The van der Waals surface area contributed by atoms with E-state index < -0.39 is 0 Å². The third kappa shape index (κ3) is 2.57. The summed E-state index contributed by atoms with van der Waals surface area (Å²) in [7, 11) is 2.13. The van der Waals surface area contributed by atoms with Crippen molar-refractivity contribution in [2.45, 2.75) is 52.0 Å². The van der Waals surface area contributed by atoms with Crippen molar-refractivity contribution in [1.29, 1.82) is 0 Å². The second-order valence-corrected chi connectivity index (χ2v) is 5.40. The zero-order valence-electron chi connectivity index (χ0n) is 11.7. The Bertz CT molecular complexity index is 397. The van der Waals surface area contributed by atoms with Gasteiger partial charge < -0.3 is 10.6 Å². The summed E-state index contributed by atoms with van der Waals surface area (Å²) in [5, 5.41) is 0. The van der Waals surface area contributed by atoms with Gasteiger partial charge in [0.25, 0.3) is 0 Å². The molecule has 4 heteroatoms. The van der Waals surface area contributed by atoms with Gasteiger partial charge in [0, 0.05) is 18.7 Å². The molecule has 100 valence electrons. The molecular formula is C14H24N4. The minimum absolute atomic E-state index is 0.592. The quantitative estimate of drug-likeness (QED) is 0.893. The Kier molecular flexibility index (Phi) is 4.04. The molecule has 1 aliphatic rings. The van der Waals surface area contributed by atoms with Gasteiger partial charge in [-0.25, -0.2) is 9.97 Å². The van der Waals surface area contributed by atoms with E-state index in [2.05, 4.69) is 28.8 Å². The molecule has 0 saturated heterocycles. The fourth-order valence-electron chi connectivity index (χ4n) is 2.92. The molecule has 1 fully saturated rings. The average molecular weight is 248 g/mol. The van der Waals surface area contributed by atoms with Crippen molar-refractivity contribution in [2.24, 2.45) is 5.92 Å². The molecule has 2 rings (SSSR count). The summed E-state index contributed by atoms with van der Waals surface area (Å²) in [6, 6.07) is 0.598. The van der Waals surface area contributed by atoms with E-state index in [1.54, 1.807) is 6.33 Å². The second kappa shape index (κ2) is 5.55. The maximum atomic E-state index is 5.85. The first-order valence-corrected chi connectivity index (χ1v) is 6.93. The summed E-state index contributed by atoms with van der Waals surface area (Å²) in [6.07, 6.45) is 8.08. The molecule has 0 spiro atoms. The monoisotopic (exact) mass is 248 g/mol. The van der Waals surface area contributed by atoms with Crippen LogP contribution >= 0.6 is 0 Å². The summed E-state index contributed by atoms with van der Waals surface area (Å²) in [6.45, 7) is 4.29. The number of nitrogen functional groups attached to an aromatic ring is 1. The molecule has 1 saturated carbocycles. The maximum absolute atomic E-state index is 5.85. The molecule has 0 aliphatic heterocycles. The third-order valence-corrected chi connectivity index (χ3v) is 4.37. The number of hydrogen-bond donors (Lipinski definition) is 1. The fraction of sp³-hybridized carbons (Fsp3) is 0.714. The number of hydrogen-bond acceptors (Lipinski definition) is 4. The first kappa shape index (κ1) is 13.1. The highest BCUT2D eigenvalue weighted by molar-refractivity contribution is 5.55. The van der Waals surface area contributed by atoms with Crippen molar-refractivity contribution in [2.75, 3.05) is 17.7 Å². The van der Waals surface area contributed by atoms with Crippen LogP contribution in [0.15, 0.2) is 6.33 Å². The number of aromatic nitrogens is 2. The van der Waals surface area contributed by atoms with E-state index in [0.717, 1.165) is 17.3 Å². The van der Waals surface area contributed by atoms with E-state index in [1.807, 2.05) is 6.92 Å². The van der Waals surface area contributed by atoms with E-state index >= 15 is 0 Å². The molecule has 0 amide bonds. The summed E-state index contributed by atoms with van der Waals surface area (Å²) in [5.41, 5.74) is 6.85. The van der Waals surface area contributed by atoms with Crippen molar-refractivity contribution in [3.63, 3.8) is 0 Å². The second-order valence-electron chi connectivity index (χ2n) is 5.40. The number of nitrogens with zero attached hydrogens (tertiary/aromatic N) is 3. The normalized spacial score (nSPS) is 23.9. The highest BCUT2D eigenvalue weighted by Gasteiger charge is 2.24. The van der Waals surface area contributed by atoms with Crippen LogP contribution in [0.25, 0.3) is 0 Å². The SMILES string of the molecule is CCC1CCC(N(C)c2ncnc(N)c2C)CC1.